The van der Waals surface area contributed by atoms with Crippen molar-refractivity contribution in [2.75, 3.05) is 14.2 Å². The van der Waals surface area contributed by atoms with Gasteiger partial charge in [-0.25, -0.2) is 0 Å². The fraction of sp³-hybridized carbons (Fsp3) is 0.400. The topological polar surface area (TPSA) is 39.1 Å². The molecule has 0 aliphatic carbocycles. The Labute approximate surface area is 114 Å². The molecule has 4 heteroatoms. The summed E-state index contributed by atoms with van der Waals surface area (Å²) in [6, 6.07) is 4.34. The molecule has 0 radical (unpaired) electrons. The third-order valence-electron chi connectivity index (χ3n) is 3.57. The van der Waals surface area contributed by atoms with Crippen LogP contribution < -0.4 is 10.1 Å². The van der Waals surface area contributed by atoms with Crippen molar-refractivity contribution in [1.29, 1.82) is 0 Å². The lowest BCUT2D eigenvalue weighted by molar-refractivity contribution is 0.402. The van der Waals surface area contributed by atoms with E-state index in [1.807, 2.05) is 31.2 Å². The maximum absolute atomic E-state index is 5.60. The van der Waals surface area contributed by atoms with Gasteiger partial charge in [-0.1, -0.05) is 12.1 Å². The zero-order valence-corrected chi connectivity index (χ0v) is 12.2. The summed E-state index contributed by atoms with van der Waals surface area (Å²) in [4.78, 5) is 0. The van der Waals surface area contributed by atoms with Gasteiger partial charge in [0.2, 0.25) is 0 Å². The van der Waals surface area contributed by atoms with E-state index in [1.165, 1.54) is 11.1 Å². The summed E-state index contributed by atoms with van der Waals surface area (Å²) in [7, 11) is 5.60. The van der Waals surface area contributed by atoms with Gasteiger partial charge in [-0.2, -0.15) is 5.10 Å². The molecule has 1 unspecified atom stereocenters. The number of aryl methyl sites for hydroxylation is 2. The lowest BCUT2D eigenvalue weighted by Crippen LogP contribution is -2.18. The Morgan fingerprint density at radius 1 is 1.32 bits per heavy atom. The molecule has 0 saturated carbocycles. The number of hydrogen-bond acceptors (Lipinski definition) is 3. The second-order valence-corrected chi connectivity index (χ2v) is 4.80. The van der Waals surface area contributed by atoms with Crippen LogP contribution in [0.1, 0.15) is 28.3 Å². The molecule has 4 nitrogen and oxygen atoms in total. The van der Waals surface area contributed by atoms with E-state index in [1.54, 1.807) is 7.11 Å². The van der Waals surface area contributed by atoms with Crippen LogP contribution in [0, 0.1) is 13.8 Å². The third kappa shape index (κ3) is 2.49. The van der Waals surface area contributed by atoms with Crippen molar-refractivity contribution in [2.45, 2.75) is 19.9 Å². The van der Waals surface area contributed by atoms with Gasteiger partial charge in [-0.15, -0.1) is 0 Å². The van der Waals surface area contributed by atoms with E-state index in [-0.39, 0.29) is 6.04 Å². The maximum atomic E-state index is 5.60. The molecule has 0 saturated heterocycles. The summed E-state index contributed by atoms with van der Waals surface area (Å²) in [6.45, 7) is 4.19. The Morgan fingerprint density at radius 3 is 2.58 bits per heavy atom. The van der Waals surface area contributed by atoms with Gasteiger partial charge in [0, 0.05) is 24.4 Å². The summed E-state index contributed by atoms with van der Waals surface area (Å²) >= 11 is 0. The van der Waals surface area contributed by atoms with Crippen LogP contribution in [0.5, 0.6) is 5.75 Å². The summed E-state index contributed by atoms with van der Waals surface area (Å²) in [6.07, 6.45) is 3.91. The normalized spacial score (nSPS) is 12.5. The van der Waals surface area contributed by atoms with Crippen LogP contribution in [-0.2, 0) is 7.05 Å². The van der Waals surface area contributed by atoms with Gasteiger partial charge in [-0.3, -0.25) is 4.68 Å². The predicted octanol–water partition coefficient (Wildman–Crippen LogP) is 2.35. The predicted molar refractivity (Wildman–Crippen MR) is 76.6 cm³/mol. The van der Waals surface area contributed by atoms with Crippen molar-refractivity contribution in [3.05, 3.63) is 46.8 Å². The van der Waals surface area contributed by atoms with Gasteiger partial charge in [0.15, 0.2) is 0 Å². The highest BCUT2D eigenvalue weighted by Gasteiger charge is 2.19. The van der Waals surface area contributed by atoms with Gasteiger partial charge < -0.3 is 10.1 Å². The van der Waals surface area contributed by atoms with E-state index in [0.717, 1.165) is 16.9 Å². The highest BCUT2D eigenvalue weighted by atomic mass is 16.5. The zero-order valence-electron chi connectivity index (χ0n) is 12.2. The number of hydrogen-bond donors (Lipinski definition) is 1. The number of methoxy groups -OCH3 is 1. The third-order valence-corrected chi connectivity index (χ3v) is 3.57. The molecule has 2 aromatic rings. The minimum atomic E-state index is 0.0861. The first-order chi connectivity index (χ1) is 9.08. The molecule has 1 aromatic carbocycles. The number of nitrogens with zero attached hydrogens (tertiary/aromatic N) is 2. The van der Waals surface area contributed by atoms with Crippen LogP contribution in [-0.4, -0.2) is 23.9 Å². The fourth-order valence-electron chi connectivity index (χ4n) is 2.40. The summed E-state index contributed by atoms with van der Waals surface area (Å²) in [5.41, 5.74) is 4.69. The zero-order chi connectivity index (χ0) is 14.0. The Bertz CT molecular complexity index is 575. The van der Waals surface area contributed by atoms with E-state index in [9.17, 15) is 0 Å². The van der Waals surface area contributed by atoms with Crippen LogP contribution in [0.25, 0.3) is 0 Å². The van der Waals surface area contributed by atoms with Gasteiger partial charge >= 0.3 is 0 Å². The number of aromatic nitrogens is 2. The van der Waals surface area contributed by atoms with Crippen molar-refractivity contribution in [3.63, 3.8) is 0 Å². The maximum Gasteiger partial charge on any atom is 0.127 e. The first-order valence-electron chi connectivity index (χ1n) is 6.38. The molecule has 0 bridgehead atoms. The lowest BCUT2D eigenvalue weighted by Gasteiger charge is -2.20. The van der Waals surface area contributed by atoms with E-state index < -0.39 is 0 Å². The standard InChI is InChI=1S/C15H21N3O/c1-10-6-7-13(15(19-5)11(10)2)14(16-3)12-8-17-18(4)9-12/h6-9,14,16H,1-5H3. The van der Waals surface area contributed by atoms with Crippen molar-refractivity contribution in [3.8, 4) is 5.75 Å². The van der Waals surface area contributed by atoms with Gasteiger partial charge in [0.1, 0.15) is 5.75 Å². The van der Waals surface area contributed by atoms with Crippen LogP contribution in [0.2, 0.25) is 0 Å². The molecule has 1 N–H and O–H groups in total. The van der Waals surface area contributed by atoms with Gasteiger partial charge in [0.05, 0.1) is 19.3 Å². The summed E-state index contributed by atoms with van der Waals surface area (Å²) in [5, 5.41) is 7.58. The average Bonchev–Trinajstić information content (AvgIpc) is 2.81. The first kappa shape index (κ1) is 13.6. The largest absolute Gasteiger partial charge is 0.496 e. The molecule has 0 aliphatic rings. The minimum absolute atomic E-state index is 0.0861. The SMILES string of the molecule is CNC(c1cnn(C)c1)c1ccc(C)c(C)c1OC. The number of benzene rings is 1. The van der Waals surface area contributed by atoms with E-state index in [0.29, 0.717) is 0 Å². The second kappa shape index (κ2) is 5.45. The molecule has 102 valence electrons. The quantitative estimate of drug-likeness (QED) is 0.916. The van der Waals surface area contributed by atoms with Crippen LogP contribution in [0.3, 0.4) is 0 Å². The highest BCUT2D eigenvalue weighted by molar-refractivity contribution is 5.49. The van der Waals surface area contributed by atoms with Crippen molar-refractivity contribution in [2.24, 2.45) is 7.05 Å². The number of ether oxygens (including phenoxy) is 1. The van der Waals surface area contributed by atoms with Crippen molar-refractivity contribution in [1.82, 2.24) is 15.1 Å². The Morgan fingerprint density at radius 2 is 2.05 bits per heavy atom. The van der Waals surface area contributed by atoms with E-state index in [4.69, 9.17) is 4.74 Å². The van der Waals surface area contributed by atoms with E-state index >= 15 is 0 Å². The molecule has 0 spiro atoms. The molecule has 0 amide bonds. The summed E-state index contributed by atoms with van der Waals surface area (Å²) in [5.74, 6) is 0.947. The monoisotopic (exact) mass is 259 g/mol. The molecule has 0 fully saturated rings. The van der Waals surface area contributed by atoms with Crippen LogP contribution in [0.15, 0.2) is 24.5 Å². The van der Waals surface area contributed by atoms with Gasteiger partial charge in [0.25, 0.3) is 0 Å². The molecule has 1 aromatic heterocycles. The summed E-state index contributed by atoms with van der Waals surface area (Å²) < 4.78 is 7.41. The molecular weight excluding hydrogens is 238 g/mol. The molecule has 1 atom stereocenters. The number of rotatable bonds is 4. The van der Waals surface area contributed by atoms with Crippen molar-refractivity contribution >= 4 is 0 Å². The number of nitrogens with one attached hydrogen (secondary N) is 1. The Kier molecular flexibility index (Phi) is 3.90. The minimum Gasteiger partial charge on any atom is -0.496 e. The molecular formula is C15H21N3O. The fourth-order valence-corrected chi connectivity index (χ4v) is 2.40. The smallest absolute Gasteiger partial charge is 0.127 e. The van der Waals surface area contributed by atoms with Crippen molar-refractivity contribution < 1.29 is 4.74 Å². The average molecular weight is 259 g/mol. The first-order valence-corrected chi connectivity index (χ1v) is 6.38. The van der Waals surface area contributed by atoms with Crippen LogP contribution >= 0.6 is 0 Å². The second-order valence-electron chi connectivity index (χ2n) is 4.80. The molecule has 2 rings (SSSR count). The molecule has 19 heavy (non-hydrogen) atoms. The Hall–Kier alpha value is -1.81. The Balaban J connectivity index is 2.52. The van der Waals surface area contributed by atoms with Crippen LogP contribution in [0.4, 0.5) is 0 Å². The van der Waals surface area contributed by atoms with Gasteiger partial charge in [-0.05, 0) is 32.0 Å². The highest BCUT2D eigenvalue weighted by Crippen LogP contribution is 2.33. The molecule has 1 heterocycles. The molecule has 0 aliphatic heterocycles. The van der Waals surface area contributed by atoms with E-state index in [2.05, 4.69) is 36.4 Å². The lowest BCUT2D eigenvalue weighted by atomic mass is 9.96.